The minimum atomic E-state index is -0.0689. The third-order valence-electron chi connectivity index (χ3n) is 5.64. The quantitative estimate of drug-likeness (QED) is 0.653. The lowest BCUT2D eigenvalue weighted by molar-refractivity contribution is 0.209. The second kappa shape index (κ2) is 7.27. The molecule has 1 unspecified atom stereocenters. The molecule has 0 amide bonds. The third kappa shape index (κ3) is 3.47. The van der Waals surface area contributed by atoms with E-state index >= 15 is 0 Å². The lowest BCUT2D eigenvalue weighted by atomic mass is 10.2. The number of pyridine rings is 1. The number of nitrogens with zero attached hydrogens (tertiary/aromatic N) is 7. The van der Waals surface area contributed by atoms with Crippen molar-refractivity contribution < 1.29 is 0 Å². The van der Waals surface area contributed by atoms with Gasteiger partial charge in [0.1, 0.15) is 12.2 Å². The zero-order valence-corrected chi connectivity index (χ0v) is 15.7. The van der Waals surface area contributed by atoms with E-state index in [1.807, 2.05) is 18.5 Å². The number of aromatic nitrogens is 6. The monoisotopic (exact) mass is 377 g/mol. The predicted octanol–water partition coefficient (Wildman–Crippen LogP) is 1.90. The molecule has 4 heterocycles. The Bertz CT molecular complexity index is 1010. The summed E-state index contributed by atoms with van der Waals surface area (Å²) in [4.78, 5) is 19.0. The number of likely N-dealkylation sites (tertiary alicyclic amines) is 1. The molecule has 0 aromatic carbocycles. The normalized spacial score (nSPS) is 19.9. The Hall–Kier alpha value is -2.87. The van der Waals surface area contributed by atoms with Crippen LogP contribution in [0.3, 0.4) is 0 Å². The summed E-state index contributed by atoms with van der Waals surface area (Å²) >= 11 is 0. The molecule has 144 valence electrons. The molecular formula is C20H23N7O. The van der Waals surface area contributed by atoms with Gasteiger partial charge in [-0.3, -0.25) is 14.7 Å². The molecule has 2 aliphatic rings. The predicted molar refractivity (Wildman–Crippen MR) is 103 cm³/mol. The summed E-state index contributed by atoms with van der Waals surface area (Å²) < 4.78 is 3.81. The van der Waals surface area contributed by atoms with Crippen LogP contribution in [-0.4, -0.2) is 47.0 Å². The Morgan fingerprint density at radius 3 is 2.89 bits per heavy atom. The van der Waals surface area contributed by atoms with E-state index in [9.17, 15) is 4.79 Å². The van der Waals surface area contributed by atoms with Crippen molar-refractivity contribution in [2.24, 2.45) is 0 Å². The van der Waals surface area contributed by atoms with Crippen molar-refractivity contribution in [2.45, 2.75) is 50.9 Å². The van der Waals surface area contributed by atoms with Crippen LogP contribution in [0.25, 0.3) is 11.3 Å². The molecule has 3 aromatic rings. The molecule has 1 atom stereocenters. The van der Waals surface area contributed by atoms with Crippen molar-refractivity contribution in [1.82, 2.24) is 34.4 Å². The van der Waals surface area contributed by atoms with E-state index in [0.717, 1.165) is 43.0 Å². The lowest BCUT2D eigenvalue weighted by Crippen LogP contribution is -2.37. The summed E-state index contributed by atoms with van der Waals surface area (Å²) in [7, 11) is 0. The average molecular weight is 377 g/mol. The molecular weight excluding hydrogens is 354 g/mol. The fourth-order valence-electron chi connectivity index (χ4n) is 3.98. The fourth-order valence-corrected chi connectivity index (χ4v) is 3.98. The van der Waals surface area contributed by atoms with Crippen molar-refractivity contribution in [3.8, 4) is 11.3 Å². The van der Waals surface area contributed by atoms with Crippen LogP contribution in [0, 0.1) is 0 Å². The van der Waals surface area contributed by atoms with Crippen LogP contribution in [-0.2, 0) is 13.1 Å². The van der Waals surface area contributed by atoms with Gasteiger partial charge in [-0.1, -0.05) is 0 Å². The smallest absolute Gasteiger partial charge is 0.266 e. The van der Waals surface area contributed by atoms with Crippen LogP contribution in [0.4, 0.5) is 0 Å². The van der Waals surface area contributed by atoms with Crippen LogP contribution in [0.15, 0.2) is 47.8 Å². The molecule has 8 nitrogen and oxygen atoms in total. The highest BCUT2D eigenvalue weighted by Gasteiger charge is 2.30. The highest BCUT2D eigenvalue weighted by Crippen LogP contribution is 2.35. The first-order valence-corrected chi connectivity index (χ1v) is 9.89. The zero-order valence-electron chi connectivity index (χ0n) is 15.7. The van der Waals surface area contributed by atoms with Gasteiger partial charge in [-0.15, -0.1) is 10.2 Å². The van der Waals surface area contributed by atoms with Crippen molar-refractivity contribution in [3.05, 3.63) is 59.2 Å². The molecule has 5 rings (SSSR count). The molecule has 0 spiro atoms. The van der Waals surface area contributed by atoms with Gasteiger partial charge in [0, 0.05) is 36.1 Å². The number of hydrogen-bond donors (Lipinski definition) is 0. The van der Waals surface area contributed by atoms with Gasteiger partial charge >= 0.3 is 0 Å². The van der Waals surface area contributed by atoms with E-state index in [2.05, 4.69) is 29.7 Å². The second-order valence-corrected chi connectivity index (χ2v) is 7.63. The molecule has 0 N–H and O–H groups in total. The van der Waals surface area contributed by atoms with Gasteiger partial charge in [0.25, 0.3) is 5.56 Å². The molecule has 0 radical (unpaired) electrons. The second-order valence-electron chi connectivity index (χ2n) is 7.63. The van der Waals surface area contributed by atoms with E-state index in [1.165, 1.54) is 12.8 Å². The Kier molecular flexibility index (Phi) is 4.48. The van der Waals surface area contributed by atoms with E-state index in [1.54, 1.807) is 29.2 Å². The van der Waals surface area contributed by atoms with Crippen LogP contribution < -0.4 is 5.56 Å². The van der Waals surface area contributed by atoms with Crippen molar-refractivity contribution in [1.29, 1.82) is 0 Å². The molecule has 1 aliphatic heterocycles. The Labute approximate surface area is 162 Å². The largest absolute Gasteiger partial charge is 0.313 e. The first-order chi connectivity index (χ1) is 13.8. The van der Waals surface area contributed by atoms with Gasteiger partial charge in [0.15, 0.2) is 0 Å². The van der Waals surface area contributed by atoms with Gasteiger partial charge < -0.3 is 4.57 Å². The van der Waals surface area contributed by atoms with Crippen molar-refractivity contribution in [3.63, 3.8) is 0 Å². The summed E-state index contributed by atoms with van der Waals surface area (Å²) in [5.74, 6) is 1.03. The van der Waals surface area contributed by atoms with Crippen molar-refractivity contribution >= 4 is 0 Å². The maximum Gasteiger partial charge on any atom is 0.266 e. The maximum atomic E-state index is 12.4. The first kappa shape index (κ1) is 17.2. The highest BCUT2D eigenvalue weighted by molar-refractivity contribution is 5.56. The van der Waals surface area contributed by atoms with Crippen molar-refractivity contribution in [2.75, 3.05) is 6.54 Å². The van der Waals surface area contributed by atoms with Crippen LogP contribution in [0.1, 0.15) is 37.5 Å². The Morgan fingerprint density at radius 1 is 1.14 bits per heavy atom. The Morgan fingerprint density at radius 2 is 2.07 bits per heavy atom. The minimum absolute atomic E-state index is 0.0689. The first-order valence-electron chi connectivity index (χ1n) is 9.89. The van der Waals surface area contributed by atoms with E-state index in [-0.39, 0.29) is 11.6 Å². The fraction of sp³-hybridized carbons (Fsp3) is 0.450. The van der Waals surface area contributed by atoms with Gasteiger partial charge in [0.2, 0.25) is 0 Å². The highest BCUT2D eigenvalue weighted by atomic mass is 16.1. The Balaban J connectivity index is 1.35. The molecule has 28 heavy (non-hydrogen) atoms. The molecule has 8 heteroatoms. The van der Waals surface area contributed by atoms with Crippen LogP contribution in [0.2, 0.25) is 0 Å². The maximum absolute atomic E-state index is 12.4. The number of hydrogen-bond acceptors (Lipinski definition) is 6. The molecule has 1 aliphatic carbocycles. The third-order valence-corrected chi connectivity index (χ3v) is 5.64. The summed E-state index contributed by atoms with van der Waals surface area (Å²) in [5.41, 5.74) is 1.61. The topological polar surface area (TPSA) is 81.7 Å². The summed E-state index contributed by atoms with van der Waals surface area (Å²) in [6, 6.07) is 8.04. The van der Waals surface area contributed by atoms with Gasteiger partial charge in [-0.2, -0.15) is 5.10 Å². The van der Waals surface area contributed by atoms with Gasteiger partial charge in [-0.05, 0) is 50.4 Å². The van der Waals surface area contributed by atoms with Crippen LogP contribution in [0.5, 0.6) is 0 Å². The SMILES string of the molecule is O=c1ccc(-c2cccnc2)nn1CC1CCCN1Cc1nncn1C1CC1. The van der Waals surface area contributed by atoms with E-state index < -0.39 is 0 Å². The lowest BCUT2D eigenvalue weighted by Gasteiger charge is -2.24. The summed E-state index contributed by atoms with van der Waals surface area (Å²) in [6.07, 6.45) is 9.97. The zero-order chi connectivity index (χ0) is 18.9. The molecule has 1 saturated carbocycles. The van der Waals surface area contributed by atoms with E-state index in [4.69, 9.17) is 0 Å². The van der Waals surface area contributed by atoms with Gasteiger partial charge in [0.05, 0.1) is 18.8 Å². The summed E-state index contributed by atoms with van der Waals surface area (Å²) in [5, 5.41) is 13.0. The molecule has 0 bridgehead atoms. The number of rotatable bonds is 6. The van der Waals surface area contributed by atoms with Crippen LogP contribution >= 0.6 is 0 Å². The molecule has 3 aromatic heterocycles. The summed E-state index contributed by atoms with van der Waals surface area (Å²) in [6.45, 7) is 2.38. The van der Waals surface area contributed by atoms with E-state index in [0.29, 0.717) is 12.6 Å². The van der Waals surface area contributed by atoms with Gasteiger partial charge in [-0.25, -0.2) is 4.68 Å². The minimum Gasteiger partial charge on any atom is -0.313 e. The average Bonchev–Trinajstić information content (AvgIpc) is 3.31. The standard InChI is InChI=1S/C20H23N7O/c28-20-8-7-18(15-3-1-9-21-11-15)24-27(20)12-17-4-2-10-25(17)13-19-23-22-14-26(19)16-5-6-16/h1,3,7-9,11,14,16-17H,2,4-6,10,12-13H2. The molecule has 1 saturated heterocycles. The molecule has 2 fully saturated rings.